The number of thioether (sulfide) groups is 1. The maximum Gasteiger partial charge on any atom is 0.000201 e. The summed E-state index contributed by atoms with van der Waals surface area (Å²) in [5.74, 6) is 4.47. The molecular formula is C11H12S. The highest BCUT2D eigenvalue weighted by atomic mass is 32.2. The summed E-state index contributed by atoms with van der Waals surface area (Å²) in [5, 5.41) is 0. The third kappa shape index (κ3) is 0.861. The van der Waals surface area contributed by atoms with Crippen molar-refractivity contribution >= 4 is 11.8 Å². The van der Waals surface area contributed by atoms with Crippen LogP contribution in [0.4, 0.5) is 0 Å². The van der Waals surface area contributed by atoms with E-state index < -0.39 is 0 Å². The summed E-state index contributed by atoms with van der Waals surface area (Å²) in [4.78, 5) is 0. The quantitative estimate of drug-likeness (QED) is 0.585. The van der Waals surface area contributed by atoms with Gasteiger partial charge in [-0.1, -0.05) is 24.3 Å². The molecule has 1 heteroatoms. The van der Waals surface area contributed by atoms with Crippen LogP contribution in [-0.2, 0) is 0 Å². The lowest BCUT2D eigenvalue weighted by Crippen LogP contribution is -2.06. The first-order valence-corrected chi connectivity index (χ1v) is 5.77. The van der Waals surface area contributed by atoms with Crippen molar-refractivity contribution in [3.05, 3.63) is 35.4 Å². The molecule has 12 heavy (non-hydrogen) atoms. The van der Waals surface area contributed by atoms with E-state index in [0.29, 0.717) is 0 Å². The minimum Gasteiger partial charge on any atom is -0.161 e. The molecule has 1 heterocycles. The molecule has 1 fully saturated rings. The Morgan fingerprint density at radius 1 is 1.00 bits per heavy atom. The molecule has 2 aliphatic rings. The van der Waals surface area contributed by atoms with Crippen molar-refractivity contribution in [1.29, 1.82) is 0 Å². The third-order valence-corrected chi connectivity index (χ3v) is 4.36. The van der Waals surface area contributed by atoms with Gasteiger partial charge in [0.2, 0.25) is 0 Å². The number of rotatable bonds is 0. The van der Waals surface area contributed by atoms with Gasteiger partial charge in [-0.25, -0.2) is 0 Å². The van der Waals surface area contributed by atoms with E-state index in [1.165, 1.54) is 17.9 Å². The van der Waals surface area contributed by atoms with Gasteiger partial charge in [-0.3, -0.25) is 0 Å². The minimum atomic E-state index is 0.880. The maximum atomic E-state index is 2.33. The zero-order chi connectivity index (χ0) is 7.97. The first-order valence-electron chi connectivity index (χ1n) is 4.62. The third-order valence-electron chi connectivity index (χ3n) is 3.08. The van der Waals surface area contributed by atoms with Crippen LogP contribution in [0.2, 0.25) is 0 Å². The lowest BCUT2D eigenvalue weighted by atomic mass is 10.0. The Kier molecular flexibility index (Phi) is 1.48. The maximum absolute atomic E-state index is 2.33. The molecule has 3 rings (SSSR count). The number of benzene rings is 1. The Hall–Kier alpha value is -0.430. The Balaban J connectivity index is 2.16. The number of hydrogen-bond acceptors (Lipinski definition) is 1. The lowest BCUT2D eigenvalue weighted by molar-refractivity contribution is 0.655. The fraction of sp³-hybridized carbons (Fsp3) is 0.455. The Morgan fingerprint density at radius 3 is 2.17 bits per heavy atom. The summed E-state index contributed by atoms with van der Waals surface area (Å²) < 4.78 is 0. The second-order valence-corrected chi connectivity index (χ2v) is 4.87. The van der Waals surface area contributed by atoms with Gasteiger partial charge in [-0.05, 0) is 29.4 Å². The van der Waals surface area contributed by atoms with Crippen LogP contribution in [0, 0.1) is 0 Å². The Bertz CT molecular complexity index is 277. The summed E-state index contributed by atoms with van der Waals surface area (Å²) >= 11 is 2.13. The summed E-state index contributed by atoms with van der Waals surface area (Å²) in [5.41, 5.74) is 3.29. The first-order chi connectivity index (χ1) is 5.95. The standard InChI is InChI=1S/C11H12S/c1-2-4-11-9-5-8(6-12-7-9)10(11)3-1/h1-4,8-9H,5-7H2. The Morgan fingerprint density at radius 2 is 1.58 bits per heavy atom. The summed E-state index contributed by atoms with van der Waals surface area (Å²) in [6.07, 6.45) is 1.42. The SMILES string of the molecule is c1ccc2c(c1)C1CSCC2C1. The summed E-state index contributed by atoms with van der Waals surface area (Å²) in [6.45, 7) is 0. The van der Waals surface area contributed by atoms with Crippen LogP contribution in [0.15, 0.2) is 24.3 Å². The molecule has 0 N–H and O–H groups in total. The molecule has 0 spiro atoms. The van der Waals surface area contributed by atoms with Crippen molar-refractivity contribution in [2.75, 3.05) is 11.5 Å². The monoisotopic (exact) mass is 176 g/mol. The van der Waals surface area contributed by atoms with Gasteiger partial charge in [0.15, 0.2) is 0 Å². The highest BCUT2D eigenvalue weighted by Gasteiger charge is 2.33. The van der Waals surface area contributed by atoms with Gasteiger partial charge in [0.05, 0.1) is 0 Å². The number of hydrogen-bond donors (Lipinski definition) is 0. The molecule has 1 aliphatic heterocycles. The van der Waals surface area contributed by atoms with Crippen molar-refractivity contribution in [1.82, 2.24) is 0 Å². The smallest absolute Gasteiger partial charge is 0.000201 e. The van der Waals surface area contributed by atoms with Crippen LogP contribution in [0.25, 0.3) is 0 Å². The predicted octanol–water partition coefficient (Wildman–Crippen LogP) is 3.00. The lowest BCUT2D eigenvalue weighted by Gasteiger charge is -2.17. The van der Waals surface area contributed by atoms with Gasteiger partial charge >= 0.3 is 0 Å². The van der Waals surface area contributed by atoms with Gasteiger partial charge in [0.25, 0.3) is 0 Å². The molecule has 1 saturated heterocycles. The van der Waals surface area contributed by atoms with Gasteiger partial charge in [-0.15, -0.1) is 0 Å². The topological polar surface area (TPSA) is 0 Å². The molecule has 1 aromatic rings. The van der Waals surface area contributed by atoms with E-state index in [9.17, 15) is 0 Å². The fourth-order valence-electron chi connectivity index (χ4n) is 2.52. The van der Waals surface area contributed by atoms with Crippen molar-refractivity contribution in [3.63, 3.8) is 0 Å². The van der Waals surface area contributed by atoms with Crippen LogP contribution in [0.3, 0.4) is 0 Å². The predicted molar refractivity (Wildman–Crippen MR) is 53.9 cm³/mol. The zero-order valence-corrected chi connectivity index (χ0v) is 7.81. The van der Waals surface area contributed by atoms with E-state index in [1.54, 1.807) is 11.1 Å². The molecule has 1 aliphatic carbocycles. The first kappa shape index (κ1) is 7.02. The van der Waals surface area contributed by atoms with E-state index >= 15 is 0 Å². The van der Waals surface area contributed by atoms with E-state index in [4.69, 9.17) is 0 Å². The van der Waals surface area contributed by atoms with E-state index in [0.717, 1.165) is 11.8 Å². The Labute approximate surface area is 77.4 Å². The van der Waals surface area contributed by atoms with Crippen molar-refractivity contribution in [3.8, 4) is 0 Å². The number of fused-ring (bicyclic) bond motifs is 5. The summed E-state index contributed by atoms with van der Waals surface area (Å²) in [7, 11) is 0. The molecule has 2 unspecified atom stereocenters. The van der Waals surface area contributed by atoms with Crippen LogP contribution in [-0.4, -0.2) is 11.5 Å². The summed E-state index contributed by atoms with van der Waals surface area (Å²) in [6, 6.07) is 9.02. The molecule has 1 aromatic carbocycles. The van der Waals surface area contributed by atoms with Crippen LogP contribution < -0.4 is 0 Å². The average molecular weight is 176 g/mol. The highest BCUT2D eigenvalue weighted by molar-refractivity contribution is 7.99. The molecule has 0 radical (unpaired) electrons. The largest absolute Gasteiger partial charge is 0.161 e. The zero-order valence-electron chi connectivity index (χ0n) is 6.99. The van der Waals surface area contributed by atoms with Crippen molar-refractivity contribution in [2.45, 2.75) is 18.3 Å². The average Bonchev–Trinajstić information content (AvgIpc) is 2.41. The normalized spacial score (nSPS) is 31.7. The molecule has 2 atom stereocenters. The van der Waals surface area contributed by atoms with Crippen LogP contribution >= 0.6 is 11.8 Å². The van der Waals surface area contributed by atoms with E-state index in [1.807, 2.05) is 0 Å². The van der Waals surface area contributed by atoms with Crippen molar-refractivity contribution in [2.24, 2.45) is 0 Å². The molecular weight excluding hydrogens is 164 g/mol. The van der Waals surface area contributed by atoms with Crippen molar-refractivity contribution < 1.29 is 0 Å². The molecule has 0 nitrogen and oxygen atoms in total. The molecule has 2 bridgehead atoms. The van der Waals surface area contributed by atoms with Gasteiger partial charge in [0, 0.05) is 11.5 Å². The molecule has 0 aromatic heterocycles. The van der Waals surface area contributed by atoms with Gasteiger partial charge in [0.1, 0.15) is 0 Å². The molecule has 62 valence electrons. The second-order valence-electron chi connectivity index (χ2n) is 3.80. The molecule has 0 amide bonds. The molecule has 0 saturated carbocycles. The fourth-order valence-corrected chi connectivity index (χ4v) is 3.86. The van der Waals surface area contributed by atoms with Crippen LogP contribution in [0.1, 0.15) is 29.4 Å². The van der Waals surface area contributed by atoms with Gasteiger partial charge < -0.3 is 0 Å². The van der Waals surface area contributed by atoms with Gasteiger partial charge in [-0.2, -0.15) is 11.8 Å². The second kappa shape index (κ2) is 2.53. The van der Waals surface area contributed by atoms with Crippen LogP contribution in [0.5, 0.6) is 0 Å². The highest BCUT2D eigenvalue weighted by Crippen LogP contribution is 2.48. The van der Waals surface area contributed by atoms with E-state index in [-0.39, 0.29) is 0 Å². The van der Waals surface area contributed by atoms with E-state index in [2.05, 4.69) is 36.0 Å². The minimum absolute atomic E-state index is 0.880.